The summed E-state index contributed by atoms with van der Waals surface area (Å²) >= 11 is 0. The summed E-state index contributed by atoms with van der Waals surface area (Å²) in [6, 6.07) is 5.70. The molecule has 5 heteroatoms. The Morgan fingerprint density at radius 2 is 2.25 bits per heavy atom. The highest BCUT2D eigenvalue weighted by Gasteiger charge is 2.40. The van der Waals surface area contributed by atoms with Gasteiger partial charge in [0.1, 0.15) is 0 Å². The molecule has 0 aliphatic carbocycles. The standard InChI is InChI=1S/C15H20N2O3/c16-14(19)12-3-1-5-13-11(12)4-2-6-17(13)7-15(8-18)9-20-10-15/h1,3,5,18H,2,4,6-10H2,(H2,16,19). The fourth-order valence-corrected chi connectivity index (χ4v) is 3.12. The van der Waals surface area contributed by atoms with Crippen molar-refractivity contribution in [2.75, 3.05) is 37.8 Å². The Kier molecular flexibility index (Phi) is 3.40. The van der Waals surface area contributed by atoms with Gasteiger partial charge >= 0.3 is 0 Å². The van der Waals surface area contributed by atoms with E-state index in [-0.39, 0.29) is 17.9 Å². The molecule has 0 bridgehead atoms. The largest absolute Gasteiger partial charge is 0.396 e. The third-order valence-corrected chi connectivity index (χ3v) is 4.29. The maximum absolute atomic E-state index is 11.5. The first kappa shape index (κ1) is 13.4. The van der Waals surface area contributed by atoms with Crippen LogP contribution in [0.25, 0.3) is 0 Å². The van der Waals surface area contributed by atoms with Crippen molar-refractivity contribution in [2.45, 2.75) is 12.8 Å². The van der Waals surface area contributed by atoms with Gasteiger partial charge in [-0.3, -0.25) is 4.79 Å². The van der Waals surface area contributed by atoms with E-state index in [1.165, 1.54) is 0 Å². The molecule has 0 unspecified atom stereocenters. The van der Waals surface area contributed by atoms with Gasteiger partial charge in [0.25, 0.3) is 0 Å². The Morgan fingerprint density at radius 3 is 2.85 bits per heavy atom. The SMILES string of the molecule is NC(=O)c1cccc2c1CCCN2CC1(CO)COC1. The molecule has 20 heavy (non-hydrogen) atoms. The number of fused-ring (bicyclic) bond motifs is 1. The smallest absolute Gasteiger partial charge is 0.249 e. The lowest BCUT2D eigenvalue weighted by Crippen LogP contribution is -2.54. The summed E-state index contributed by atoms with van der Waals surface area (Å²) in [6.07, 6.45) is 1.88. The molecule has 1 aromatic carbocycles. The van der Waals surface area contributed by atoms with Crippen molar-refractivity contribution in [3.63, 3.8) is 0 Å². The average Bonchev–Trinajstić information content (AvgIpc) is 2.42. The van der Waals surface area contributed by atoms with E-state index in [0.29, 0.717) is 18.8 Å². The Labute approximate surface area is 118 Å². The normalized spacial score (nSPS) is 20.1. The first-order valence-electron chi connectivity index (χ1n) is 7.00. The molecule has 0 radical (unpaired) electrons. The number of carbonyl (C=O) groups is 1. The summed E-state index contributed by atoms with van der Waals surface area (Å²) in [5.41, 5.74) is 8.04. The van der Waals surface area contributed by atoms with Gasteiger partial charge in [0.05, 0.1) is 25.2 Å². The van der Waals surface area contributed by atoms with Gasteiger partial charge in [-0.2, -0.15) is 0 Å². The number of nitrogens with two attached hydrogens (primary N) is 1. The van der Waals surface area contributed by atoms with E-state index < -0.39 is 0 Å². The van der Waals surface area contributed by atoms with Crippen molar-refractivity contribution in [3.8, 4) is 0 Å². The lowest BCUT2D eigenvalue weighted by atomic mass is 9.85. The van der Waals surface area contributed by atoms with Crippen LogP contribution in [0.3, 0.4) is 0 Å². The minimum atomic E-state index is -0.368. The summed E-state index contributed by atoms with van der Waals surface area (Å²) in [4.78, 5) is 13.8. The summed E-state index contributed by atoms with van der Waals surface area (Å²) in [5, 5.41) is 9.58. The van der Waals surface area contributed by atoms with E-state index in [2.05, 4.69) is 4.90 Å². The van der Waals surface area contributed by atoms with Crippen LogP contribution in [0.2, 0.25) is 0 Å². The highest BCUT2D eigenvalue weighted by molar-refractivity contribution is 5.96. The van der Waals surface area contributed by atoms with Crippen molar-refractivity contribution in [3.05, 3.63) is 29.3 Å². The van der Waals surface area contributed by atoms with Crippen LogP contribution < -0.4 is 10.6 Å². The summed E-state index contributed by atoms with van der Waals surface area (Å²) in [7, 11) is 0. The molecule has 1 amide bonds. The van der Waals surface area contributed by atoms with E-state index >= 15 is 0 Å². The molecule has 108 valence electrons. The van der Waals surface area contributed by atoms with Crippen molar-refractivity contribution >= 4 is 11.6 Å². The quantitative estimate of drug-likeness (QED) is 0.842. The van der Waals surface area contributed by atoms with Crippen LogP contribution in [0.5, 0.6) is 0 Å². The van der Waals surface area contributed by atoms with Crippen molar-refractivity contribution in [1.82, 2.24) is 0 Å². The van der Waals surface area contributed by atoms with Gasteiger partial charge in [0.2, 0.25) is 5.91 Å². The summed E-state index contributed by atoms with van der Waals surface area (Å²) in [5.74, 6) is -0.368. The third kappa shape index (κ3) is 2.17. The predicted octanol–water partition coefficient (Wildman–Crippen LogP) is 0.547. The number of hydrogen-bond donors (Lipinski definition) is 2. The van der Waals surface area contributed by atoms with Crippen LogP contribution in [0, 0.1) is 5.41 Å². The number of anilines is 1. The number of ether oxygens (including phenoxy) is 1. The van der Waals surface area contributed by atoms with Gasteiger partial charge in [0.15, 0.2) is 0 Å². The zero-order valence-electron chi connectivity index (χ0n) is 11.5. The van der Waals surface area contributed by atoms with Crippen molar-refractivity contribution in [1.29, 1.82) is 0 Å². The number of aliphatic hydroxyl groups is 1. The summed E-state index contributed by atoms with van der Waals surface area (Å²) < 4.78 is 5.26. The Morgan fingerprint density at radius 1 is 1.45 bits per heavy atom. The van der Waals surface area contributed by atoms with E-state index in [1.54, 1.807) is 6.07 Å². The average molecular weight is 276 g/mol. The fraction of sp³-hybridized carbons (Fsp3) is 0.533. The molecule has 1 saturated heterocycles. The van der Waals surface area contributed by atoms with Crippen LogP contribution in [-0.4, -0.2) is 43.9 Å². The third-order valence-electron chi connectivity index (χ3n) is 4.29. The molecule has 0 saturated carbocycles. The predicted molar refractivity (Wildman–Crippen MR) is 75.8 cm³/mol. The molecular weight excluding hydrogens is 256 g/mol. The molecule has 3 N–H and O–H groups in total. The lowest BCUT2D eigenvalue weighted by Gasteiger charge is -2.45. The zero-order valence-corrected chi connectivity index (χ0v) is 11.5. The van der Waals surface area contributed by atoms with Crippen molar-refractivity contribution < 1.29 is 14.6 Å². The first-order valence-corrected chi connectivity index (χ1v) is 7.00. The molecule has 1 fully saturated rings. The second kappa shape index (κ2) is 5.07. The fourth-order valence-electron chi connectivity index (χ4n) is 3.12. The highest BCUT2D eigenvalue weighted by atomic mass is 16.5. The second-order valence-electron chi connectivity index (χ2n) is 5.84. The van der Waals surface area contributed by atoms with E-state index in [0.717, 1.165) is 37.2 Å². The number of rotatable bonds is 4. The number of benzene rings is 1. The van der Waals surface area contributed by atoms with Crippen molar-refractivity contribution in [2.24, 2.45) is 11.1 Å². The Bertz CT molecular complexity index is 520. The molecule has 1 aromatic rings. The number of carbonyl (C=O) groups excluding carboxylic acids is 1. The molecule has 2 heterocycles. The van der Waals surface area contributed by atoms with Crippen LogP contribution in [0.1, 0.15) is 22.3 Å². The number of primary amides is 1. The van der Waals surface area contributed by atoms with Gasteiger partial charge in [-0.05, 0) is 30.5 Å². The maximum Gasteiger partial charge on any atom is 0.249 e. The number of amides is 1. The number of aliphatic hydroxyl groups excluding tert-OH is 1. The van der Waals surface area contributed by atoms with E-state index in [9.17, 15) is 9.90 Å². The van der Waals surface area contributed by atoms with Gasteiger partial charge in [-0.15, -0.1) is 0 Å². The number of hydrogen-bond acceptors (Lipinski definition) is 4. The molecule has 2 aliphatic heterocycles. The zero-order chi connectivity index (χ0) is 14.2. The van der Waals surface area contributed by atoms with E-state index in [1.807, 2.05) is 12.1 Å². The van der Waals surface area contributed by atoms with Gasteiger partial charge in [0, 0.05) is 24.3 Å². The first-order chi connectivity index (χ1) is 9.65. The van der Waals surface area contributed by atoms with Gasteiger partial charge in [-0.1, -0.05) is 6.07 Å². The highest BCUT2D eigenvalue weighted by Crippen LogP contribution is 2.35. The molecular formula is C15H20N2O3. The maximum atomic E-state index is 11.5. The Balaban J connectivity index is 1.90. The molecule has 0 aromatic heterocycles. The van der Waals surface area contributed by atoms with E-state index in [4.69, 9.17) is 10.5 Å². The number of nitrogens with zero attached hydrogens (tertiary/aromatic N) is 1. The molecule has 0 spiro atoms. The van der Waals surface area contributed by atoms with Gasteiger partial charge in [-0.25, -0.2) is 0 Å². The Hall–Kier alpha value is -1.59. The molecule has 2 aliphatic rings. The molecule has 5 nitrogen and oxygen atoms in total. The topological polar surface area (TPSA) is 75.8 Å². The van der Waals surface area contributed by atoms with Crippen LogP contribution in [0.4, 0.5) is 5.69 Å². The molecule has 3 rings (SSSR count). The monoisotopic (exact) mass is 276 g/mol. The van der Waals surface area contributed by atoms with Crippen LogP contribution >= 0.6 is 0 Å². The lowest BCUT2D eigenvalue weighted by molar-refractivity contribution is -0.131. The minimum absolute atomic E-state index is 0.133. The molecule has 0 atom stereocenters. The van der Waals surface area contributed by atoms with Crippen LogP contribution in [-0.2, 0) is 11.2 Å². The minimum Gasteiger partial charge on any atom is -0.396 e. The van der Waals surface area contributed by atoms with Gasteiger partial charge < -0.3 is 20.5 Å². The van der Waals surface area contributed by atoms with Crippen LogP contribution in [0.15, 0.2) is 18.2 Å². The second-order valence-corrected chi connectivity index (χ2v) is 5.84. The summed E-state index contributed by atoms with van der Waals surface area (Å²) in [6.45, 7) is 3.04.